The summed E-state index contributed by atoms with van der Waals surface area (Å²) < 4.78 is 5.08. The molecule has 1 aromatic heterocycles. The average molecular weight is 229 g/mol. The molecule has 4 heteroatoms. The molecule has 0 spiro atoms. The first-order chi connectivity index (χ1) is 7.15. The Morgan fingerprint density at radius 3 is 2.80 bits per heavy atom. The van der Waals surface area contributed by atoms with Gasteiger partial charge in [0.1, 0.15) is 5.82 Å². The van der Waals surface area contributed by atoms with Gasteiger partial charge in [0, 0.05) is 23.6 Å². The van der Waals surface area contributed by atoms with Crippen molar-refractivity contribution in [3.8, 4) is 5.88 Å². The minimum absolute atomic E-state index is 0.147. The zero-order chi connectivity index (χ0) is 11.3. The molecule has 0 saturated carbocycles. The molecule has 0 amide bonds. The van der Waals surface area contributed by atoms with Crippen molar-refractivity contribution in [2.24, 2.45) is 0 Å². The van der Waals surface area contributed by atoms with Crippen LogP contribution in [0.5, 0.6) is 5.88 Å². The molecule has 1 aromatic rings. The average Bonchev–Trinajstić information content (AvgIpc) is 2.17. The highest BCUT2D eigenvalue weighted by molar-refractivity contribution is 6.20. The molecule has 1 rings (SSSR count). The summed E-state index contributed by atoms with van der Waals surface area (Å²) in [5.41, 5.74) is 0.952. The van der Waals surface area contributed by atoms with Crippen LogP contribution in [0.2, 0.25) is 0 Å². The van der Waals surface area contributed by atoms with E-state index in [0.29, 0.717) is 5.88 Å². The van der Waals surface area contributed by atoms with Crippen molar-refractivity contribution in [2.45, 2.75) is 38.5 Å². The van der Waals surface area contributed by atoms with E-state index >= 15 is 0 Å². The largest absolute Gasteiger partial charge is 0.481 e. The monoisotopic (exact) mass is 228 g/mol. The van der Waals surface area contributed by atoms with Gasteiger partial charge in [-0.25, -0.2) is 4.98 Å². The first kappa shape index (κ1) is 12.2. The summed E-state index contributed by atoms with van der Waals surface area (Å²) in [6.07, 6.45) is 2.87. The van der Waals surface area contributed by atoms with Crippen molar-refractivity contribution in [1.82, 2.24) is 9.97 Å². The van der Waals surface area contributed by atoms with Crippen LogP contribution in [-0.2, 0) is 6.42 Å². The van der Waals surface area contributed by atoms with Crippen molar-refractivity contribution in [1.29, 1.82) is 0 Å². The Hall–Kier alpha value is -0.830. The van der Waals surface area contributed by atoms with Gasteiger partial charge in [-0.05, 0) is 13.3 Å². The molecule has 0 aliphatic rings. The van der Waals surface area contributed by atoms with Crippen LogP contribution in [-0.4, -0.2) is 22.5 Å². The van der Waals surface area contributed by atoms with E-state index in [1.807, 2.05) is 13.0 Å². The quantitative estimate of drug-likeness (QED) is 0.727. The van der Waals surface area contributed by atoms with Gasteiger partial charge in [0.25, 0.3) is 0 Å². The number of alkyl halides is 1. The Bertz CT molecular complexity index is 317. The van der Waals surface area contributed by atoms with E-state index < -0.39 is 0 Å². The molecule has 3 nitrogen and oxygen atoms in total. The lowest BCUT2D eigenvalue weighted by Gasteiger charge is -2.08. The highest BCUT2D eigenvalue weighted by Crippen LogP contribution is 2.15. The van der Waals surface area contributed by atoms with E-state index in [-0.39, 0.29) is 5.38 Å². The normalized spacial score (nSPS) is 12.5. The second kappa shape index (κ2) is 5.91. The van der Waals surface area contributed by atoms with Crippen molar-refractivity contribution in [3.63, 3.8) is 0 Å². The van der Waals surface area contributed by atoms with Crippen molar-refractivity contribution in [2.75, 3.05) is 7.11 Å². The van der Waals surface area contributed by atoms with E-state index in [1.54, 1.807) is 7.11 Å². The Kier molecular flexibility index (Phi) is 4.82. The third-order valence-electron chi connectivity index (χ3n) is 2.11. The summed E-state index contributed by atoms with van der Waals surface area (Å²) in [5, 5.41) is 0.147. The topological polar surface area (TPSA) is 35.0 Å². The summed E-state index contributed by atoms with van der Waals surface area (Å²) in [7, 11) is 1.61. The summed E-state index contributed by atoms with van der Waals surface area (Å²) in [5.74, 6) is 1.34. The van der Waals surface area contributed by atoms with Crippen LogP contribution in [0, 0.1) is 6.92 Å². The minimum atomic E-state index is 0.147. The fraction of sp³-hybridized carbons (Fsp3) is 0.636. The molecule has 1 unspecified atom stereocenters. The molecule has 1 atom stereocenters. The molecule has 0 aliphatic heterocycles. The first-order valence-electron chi connectivity index (χ1n) is 5.18. The molecule has 0 saturated heterocycles. The molecule has 0 aliphatic carbocycles. The molecule has 0 aromatic carbocycles. The van der Waals surface area contributed by atoms with Gasteiger partial charge in [-0.1, -0.05) is 13.3 Å². The standard InChI is InChI=1S/C11H17ClN2O/c1-4-5-9(12)6-10-7-11(15-3)14-8(2)13-10/h7,9H,4-6H2,1-3H3. The molecule has 1 heterocycles. The third kappa shape index (κ3) is 4.04. The van der Waals surface area contributed by atoms with Gasteiger partial charge in [0.15, 0.2) is 0 Å². The van der Waals surface area contributed by atoms with Crippen LogP contribution in [0.4, 0.5) is 0 Å². The highest BCUT2D eigenvalue weighted by Gasteiger charge is 2.08. The molecule has 0 bridgehead atoms. The van der Waals surface area contributed by atoms with Crippen LogP contribution in [0.25, 0.3) is 0 Å². The number of nitrogens with zero attached hydrogens (tertiary/aromatic N) is 2. The van der Waals surface area contributed by atoms with E-state index in [4.69, 9.17) is 16.3 Å². The molecule has 0 fully saturated rings. The fourth-order valence-electron chi connectivity index (χ4n) is 1.45. The van der Waals surface area contributed by atoms with Crippen LogP contribution < -0.4 is 4.74 Å². The highest BCUT2D eigenvalue weighted by atomic mass is 35.5. The molecule has 0 N–H and O–H groups in total. The molecular weight excluding hydrogens is 212 g/mol. The lowest BCUT2D eigenvalue weighted by atomic mass is 10.1. The Balaban J connectivity index is 2.71. The number of methoxy groups -OCH3 is 1. The Labute approximate surface area is 95.8 Å². The third-order valence-corrected chi connectivity index (χ3v) is 2.48. The van der Waals surface area contributed by atoms with Gasteiger partial charge >= 0.3 is 0 Å². The maximum absolute atomic E-state index is 6.16. The number of aryl methyl sites for hydroxylation is 1. The summed E-state index contributed by atoms with van der Waals surface area (Å²) >= 11 is 6.16. The number of hydrogen-bond acceptors (Lipinski definition) is 3. The van der Waals surface area contributed by atoms with Gasteiger partial charge in [0.05, 0.1) is 7.11 Å². The summed E-state index contributed by atoms with van der Waals surface area (Å²) in [6.45, 7) is 3.98. The summed E-state index contributed by atoms with van der Waals surface area (Å²) in [6, 6.07) is 1.85. The number of halogens is 1. The van der Waals surface area contributed by atoms with Crippen molar-refractivity contribution in [3.05, 3.63) is 17.6 Å². The van der Waals surface area contributed by atoms with E-state index in [2.05, 4.69) is 16.9 Å². The molecular formula is C11H17ClN2O. The van der Waals surface area contributed by atoms with E-state index in [9.17, 15) is 0 Å². The number of rotatable bonds is 5. The molecule has 0 radical (unpaired) electrons. The number of hydrogen-bond donors (Lipinski definition) is 0. The van der Waals surface area contributed by atoms with Crippen molar-refractivity contribution >= 4 is 11.6 Å². The van der Waals surface area contributed by atoms with E-state index in [0.717, 1.165) is 30.8 Å². The van der Waals surface area contributed by atoms with Crippen LogP contribution in [0.1, 0.15) is 31.3 Å². The van der Waals surface area contributed by atoms with Gasteiger partial charge in [0.2, 0.25) is 5.88 Å². The van der Waals surface area contributed by atoms with Gasteiger partial charge in [-0.15, -0.1) is 11.6 Å². The second-order valence-electron chi connectivity index (χ2n) is 3.54. The van der Waals surface area contributed by atoms with E-state index in [1.165, 1.54) is 0 Å². The van der Waals surface area contributed by atoms with Crippen LogP contribution >= 0.6 is 11.6 Å². The predicted molar refractivity (Wildman–Crippen MR) is 61.6 cm³/mol. The van der Waals surface area contributed by atoms with Gasteiger partial charge < -0.3 is 4.74 Å². The zero-order valence-corrected chi connectivity index (χ0v) is 10.2. The zero-order valence-electron chi connectivity index (χ0n) is 9.46. The lowest BCUT2D eigenvalue weighted by molar-refractivity contribution is 0.394. The molecule has 84 valence electrons. The fourth-order valence-corrected chi connectivity index (χ4v) is 1.83. The second-order valence-corrected chi connectivity index (χ2v) is 4.16. The minimum Gasteiger partial charge on any atom is -0.481 e. The Morgan fingerprint density at radius 2 is 2.20 bits per heavy atom. The number of ether oxygens (including phenoxy) is 1. The smallest absolute Gasteiger partial charge is 0.216 e. The summed E-state index contributed by atoms with van der Waals surface area (Å²) in [4.78, 5) is 8.46. The predicted octanol–water partition coefficient (Wildman–Crippen LogP) is 2.74. The number of aromatic nitrogens is 2. The van der Waals surface area contributed by atoms with Crippen LogP contribution in [0.3, 0.4) is 0 Å². The van der Waals surface area contributed by atoms with Gasteiger partial charge in [-0.3, -0.25) is 0 Å². The van der Waals surface area contributed by atoms with Gasteiger partial charge in [-0.2, -0.15) is 4.98 Å². The maximum Gasteiger partial charge on any atom is 0.216 e. The Morgan fingerprint density at radius 1 is 1.47 bits per heavy atom. The lowest BCUT2D eigenvalue weighted by Crippen LogP contribution is -2.06. The first-order valence-corrected chi connectivity index (χ1v) is 5.62. The SMILES string of the molecule is CCCC(Cl)Cc1cc(OC)nc(C)n1. The van der Waals surface area contributed by atoms with Crippen molar-refractivity contribution < 1.29 is 4.74 Å². The van der Waals surface area contributed by atoms with Crippen LogP contribution in [0.15, 0.2) is 6.07 Å². The molecule has 15 heavy (non-hydrogen) atoms. The maximum atomic E-state index is 6.16.